The van der Waals surface area contributed by atoms with E-state index in [0.717, 1.165) is 5.92 Å². The lowest BCUT2D eigenvalue weighted by Gasteiger charge is -2.12. The molecule has 1 aliphatic carbocycles. The van der Waals surface area contributed by atoms with Gasteiger partial charge in [0.05, 0.1) is 0 Å². The van der Waals surface area contributed by atoms with E-state index in [2.05, 4.69) is 53.7 Å². The maximum absolute atomic E-state index is 4.29. The number of aromatic nitrogens is 1. The number of thiophene rings is 1. The van der Waals surface area contributed by atoms with Crippen molar-refractivity contribution >= 4 is 22.1 Å². The minimum atomic E-state index is 0.525. The lowest BCUT2D eigenvalue weighted by atomic mass is 10.1. The standard InChI is InChI=1S/C18H18N2S/c1-19-18(13-5-6-13)17-8-7-16(21-17)14-4-2-3-12-9-10-20-11-15(12)14/h2-4,7-11,13,18-19H,5-6H2,1H3. The van der Waals surface area contributed by atoms with Crippen LogP contribution in [-0.2, 0) is 0 Å². The van der Waals surface area contributed by atoms with Gasteiger partial charge in [-0.1, -0.05) is 18.2 Å². The number of benzene rings is 1. The Labute approximate surface area is 128 Å². The van der Waals surface area contributed by atoms with Crippen LogP contribution in [0.5, 0.6) is 0 Å². The molecule has 0 aliphatic heterocycles. The van der Waals surface area contributed by atoms with Gasteiger partial charge in [-0.15, -0.1) is 11.3 Å². The van der Waals surface area contributed by atoms with Gasteiger partial charge in [0.15, 0.2) is 0 Å². The molecule has 3 heteroatoms. The molecule has 1 N–H and O–H groups in total. The van der Waals surface area contributed by atoms with Crippen LogP contribution in [0.4, 0.5) is 0 Å². The highest BCUT2D eigenvalue weighted by Crippen LogP contribution is 2.44. The van der Waals surface area contributed by atoms with E-state index in [1.54, 1.807) is 0 Å². The first-order chi connectivity index (χ1) is 10.4. The quantitative estimate of drug-likeness (QED) is 0.758. The van der Waals surface area contributed by atoms with Crippen LogP contribution in [0.15, 0.2) is 48.8 Å². The number of rotatable bonds is 4. The van der Waals surface area contributed by atoms with Gasteiger partial charge in [-0.05, 0) is 49.4 Å². The Morgan fingerprint density at radius 2 is 2.10 bits per heavy atom. The van der Waals surface area contributed by atoms with Crippen molar-refractivity contribution < 1.29 is 0 Å². The van der Waals surface area contributed by atoms with Crippen LogP contribution in [-0.4, -0.2) is 12.0 Å². The third-order valence-corrected chi connectivity index (χ3v) is 5.49. The van der Waals surface area contributed by atoms with Gasteiger partial charge in [0.2, 0.25) is 0 Å². The maximum atomic E-state index is 4.29. The molecule has 1 aromatic carbocycles. The molecule has 21 heavy (non-hydrogen) atoms. The lowest BCUT2D eigenvalue weighted by Crippen LogP contribution is -2.16. The van der Waals surface area contributed by atoms with E-state index < -0.39 is 0 Å². The number of hydrogen-bond acceptors (Lipinski definition) is 3. The van der Waals surface area contributed by atoms with Crippen molar-refractivity contribution in [2.45, 2.75) is 18.9 Å². The second-order valence-corrected chi connectivity index (χ2v) is 6.82. The van der Waals surface area contributed by atoms with Gasteiger partial charge in [0.1, 0.15) is 0 Å². The first-order valence-corrected chi connectivity index (χ1v) is 8.28. The van der Waals surface area contributed by atoms with Gasteiger partial charge in [-0.3, -0.25) is 4.98 Å². The summed E-state index contributed by atoms with van der Waals surface area (Å²) in [7, 11) is 2.07. The molecule has 0 radical (unpaired) electrons. The fourth-order valence-corrected chi connectivity index (χ4v) is 4.28. The summed E-state index contributed by atoms with van der Waals surface area (Å²) in [6.07, 6.45) is 6.55. The summed E-state index contributed by atoms with van der Waals surface area (Å²) >= 11 is 1.91. The molecule has 106 valence electrons. The van der Waals surface area contributed by atoms with Crippen LogP contribution in [0.25, 0.3) is 21.2 Å². The van der Waals surface area contributed by atoms with Crippen molar-refractivity contribution in [3.63, 3.8) is 0 Å². The summed E-state index contributed by atoms with van der Waals surface area (Å²) in [6.45, 7) is 0. The number of nitrogens with one attached hydrogen (secondary N) is 1. The molecule has 2 aromatic heterocycles. The number of nitrogens with zero attached hydrogens (tertiary/aromatic N) is 1. The fourth-order valence-electron chi connectivity index (χ4n) is 3.03. The second-order valence-electron chi connectivity index (χ2n) is 5.71. The molecule has 2 nitrogen and oxygen atoms in total. The Morgan fingerprint density at radius 1 is 1.19 bits per heavy atom. The molecular formula is C18H18N2S. The van der Waals surface area contributed by atoms with Gasteiger partial charge in [-0.25, -0.2) is 0 Å². The predicted molar refractivity (Wildman–Crippen MR) is 89.6 cm³/mol. The fraction of sp³-hybridized carbons (Fsp3) is 0.278. The van der Waals surface area contributed by atoms with Crippen LogP contribution >= 0.6 is 11.3 Å². The molecule has 0 amide bonds. The number of hydrogen-bond donors (Lipinski definition) is 1. The largest absolute Gasteiger partial charge is 0.312 e. The van der Waals surface area contributed by atoms with Crippen LogP contribution in [0, 0.1) is 5.92 Å². The first-order valence-electron chi connectivity index (χ1n) is 7.47. The highest BCUT2D eigenvalue weighted by molar-refractivity contribution is 7.15. The molecule has 0 saturated heterocycles. The molecule has 1 unspecified atom stereocenters. The Hall–Kier alpha value is -1.71. The summed E-state index contributed by atoms with van der Waals surface area (Å²) in [5.41, 5.74) is 1.29. The van der Waals surface area contributed by atoms with Crippen LogP contribution in [0.3, 0.4) is 0 Å². The third kappa shape index (κ3) is 2.37. The lowest BCUT2D eigenvalue weighted by molar-refractivity contribution is 0.537. The van der Waals surface area contributed by atoms with Gasteiger partial charge in [0.25, 0.3) is 0 Å². The number of pyridine rings is 1. The average molecular weight is 294 g/mol. The second kappa shape index (κ2) is 5.24. The molecule has 1 atom stereocenters. The van der Waals surface area contributed by atoms with E-state index in [1.165, 1.54) is 38.9 Å². The zero-order valence-corrected chi connectivity index (χ0v) is 12.9. The minimum absolute atomic E-state index is 0.525. The molecule has 1 saturated carbocycles. The summed E-state index contributed by atoms with van der Waals surface area (Å²) in [5.74, 6) is 0.829. The molecule has 3 aromatic rings. The normalized spacial score (nSPS) is 16.2. The smallest absolute Gasteiger partial charge is 0.0441 e. The van der Waals surface area contributed by atoms with E-state index in [1.807, 2.05) is 23.7 Å². The van der Waals surface area contributed by atoms with E-state index in [-0.39, 0.29) is 0 Å². The zero-order chi connectivity index (χ0) is 14.2. The maximum Gasteiger partial charge on any atom is 0.0441 e. The zero-order valence-electron chi connectivity index (χ0n) is 12.0. The molecule has 0 bridgehead atoms. The molecule has 1 fully saturated rings. The molecule has 1 aliphatic rings. The van der Waals surface area contributed by atoms with E-state index in [9.17, 15) is 0 Å². The topological polar surface area (TPSA) is 24.9 Å². The van der Waals surface area contributed by atoms with Crippen LogP contribution in [0.1, 0.15) is 23.8 Å². The summed E-state index contributed by atoms with van der Waals surface area (Å²) in [6, 6.07) is 13.6. The minimum Gasteiger partial charge on any atom is -0.312 e. The Bertz CT molecular complexity index is 768. The summed E-state index contributed by atoms with van der Waals surface area (Å²) in [4.78, 5) is 7.08. The van der Waals surface area contributed by atoms with Crippen molar-refractivity contribution in [1.82, 2.24) is 10.3 Å². The van der Waals surface area contributed by atoms with E-state index in [4.69, 9.17) is 0 Å². The van der Waals surface area contributed by atoms with Gasteiger partial charge >= 0.3 is 0 Å². The monoisotopic (exact) mass is 294 g/mol. The van der Waals surface area contributed by atoms with Gasteiger partial charge in [-0.2, -0.15) is 0 Å². The van der Waals surface area contributed by atoms with Crippen molar-refractivity contribution in [2.75, 3.05) is 7.05 Å². The highest BCUT2D eigenvalue weighted by Gasteiger charge is 2.32. The Morgan fingerprint density at radius 3 is 2.90 bits per heavy atom. The third-order valence-electron chi connectivity index (χ3n) is 4.29. The highest BCUT2D eigenvalue weighted by atomic mass is 32.1. The van der Waals surface area contributed by atoms with Gasteiger partial charge < -0.3 is 5.32 Å². The molecule has 4 rings (SSSR count). The van der Waals surface area contributed by atoms with Crippen LogP contribution in [0.2, 0.25) is 0 Å². The van der Waals surface area contributed by atoms with Gasteiger partial charge in [0, 0.05) is 39.1 Å². The van der Waals surface area contributed by atoms with Crippen molar-refractivity contribution in [2.24, 2.45) is 5.92 Å². The first kappa shape index (κ1) is 13.0. The Kier molecular flexibility index (Phi) is 3.24. The Balaban J connectivity index is 1.77. The van der Waals surface area contributed by atoms with Crippen molar-refractivity contribution in [3.8, 4) is 10.4 Å². The molecule has 2 heterocycles. The molecular weight excluding hydrogens is 276 g/mol. The SMILES string of the molecule is CNC(c1ccc(-c2cccc3ccncc23)s1)C1CC1. The number of fused-ring (bicyclic) bond motifs is 1. The predicted octanol–water partition coefficient (Wildman–Crippen LogP) is 4.63. The van der Waals surface area contributed by atoms with Crippen molar-refractivity contribution in [1.29, 1.82) is 0 Å². The van der Waals surface area contributed by atoms with E-state index >= 15 is 0 Å². The van der Waals surface area contributed by atoms with E-state index in [0.29, 0.717) is 6.04 Å². The summed E-state index contributed by atoms with van der Waals surface area (Å²) < 4.78 is 0. The summed E-state index contributed by atoms with van der Waals surface area (Å²) in [5, 5.41) is 5.97. The average Bonchev–Trinajstić information content (AvgIpc) is 3.25. The molecule has 0 spiro atoms. The van der Waals surface area contributed by atoms with Crippen LogP contribution < -0.4 is 5.32 Å². The van der Waals surface area contributed by atoms with Crippen molar-refractivity contribution in [3.05, 3.63) is 53.7 Å².